The molecule has 2 aliphatic heterocycles. The van der Waals surface area contributed by atoms with Gasteiger partial charge >= 0.3 is 5.97 Å². The van der Waals surface area contributed by atoms with Gasteiger partial charge in [0.25, 0.3) is 0 Å². The lowest BCUT2D eigenvalue weighted by Gasteiger charge is -2.35. The van der Waals surface area contributed by atoms with Gasteiger partial charge in [0.15, 0.2) is 11.5 Å². The predicted molar refractivity (Wildman–Crippen MR) is 81.0 cm³/mol. The highest BCUT2D eigenvalue weighted by molar-refractivity contribution is 5.72. The SMILES string of the molecule is CC(C)(CC(=O)O)c1c2c(c(O)c3c1OCCC3)OCCC2. The Morgan fingerprint density at radius 1 is 1.09 bits per heavy atom. The van der Waals surface area contributed by atoms with Gasteiger partial charge in [0.05, 0.1) is 19.6 Å². The van der Waals surface area contributed by atoms with Crippen molar-refractivity contribution in [2.24, 2.45) is 0 Å². The van der Waals surface area contributed by atoms with Crippen LogP contribution in [0.5, 0.6) is 17.2 Å². The van der Waals surface area contributed by atoms with Crippen molar-refractivity contribution in [1.29, 1.82) is 0 Å². The van der Waals surface area contributed by atoms with E-state index >= 15 is 0 Å². The summed E-state index contributed by atoms with van der Waals surface area (Å²) < 4.78 is 11.6. The standard InChI is InChI=1S/C17H22O5/c1-17(2,9-12(18)19)13-10-5-3-8-22-16(10)14(20)11-6-4-7-21-15(11)13/h20H,3-9H2,1-2H3,(H,18,19). The number of aromatic hydroxyl groups is 1. The zero-order valence-electron chi connectivity index (χ0n) is 13.1. The maximum absolute atomic E-state index is 11.3. The van der Waals surface area contributed by atoms with Crippen molar-refractivity contribution in [2.75, 3.05) is 13.2 Å². The summed E-state index contributed by atoms with van der Waals surface area (Å²) in [5.41, 5.74) is 2.00. The second-order valence-electron chi connectivity index (χ2n) is 6.70. The molecular weight excluding hydrogens is 284 g/mol. The molecule has 1 aromatic rings. The Bertz CT molecular complexity index is 581. The van der Waals surface area contributed by atoms with E-state index in [2.05, 4.69) is 0 Å². The molecular formula is C17H22O5. The summed E-state index contributed by atoms with van der Waals surface area (Å²) in [6, 6.07) is 0. The fourth-order valence-electron chi connectivity index (χ4n) is 3.60. The van der Waals surface area contributed by atoms with Crippen LogP contribution in [0.25, 0.3) is 0 Å². The van der Waals surface area contributed by atoms with Gasteiger partial charge in [-0.2, -0.15) is 0 Å². The van der Waals surface area contributed by atoms with Gasteiger partial charge in [-0.25, -0.2) is 0 Å². The van der Waals surface area contributed by atoms with E-state index in [1.54, 1.807) is 0 Å². The van der Waals surface area contributed by atoms with E-state index in [9.17, 15) is 15.0 Å². The highest BCUT2D eigenvalue weighted by Crippen LogP contribution is 2.51. The summed E-state index contributed by atoms with van der Waals surface area (Å²) in [4.78, 5) is 11.3. The second kappa shape index (κ2) is 5.38. The highest BCUT2D eigenvalue weighted by Gasteiger charge is 2.37. The quantitative estimate of drug-likeness (QED) is 0.898. The van der Waals surface area contributed by atoms with Crippen LogP contribution in [-0.2, 0) is 23.1 Å². The number of fused-ring (bicyclic) bond motifs is 2. The second-order valence-corrected chi connectivity index (χ2v) is 6.70. The predicted octanol–water partition coefficient (Wildman–Crippen LogP) is 2.79. The lowest BCUT2D eigenvalue weighted by Crippen LogP contribution is -2.28. The molecule has 0 spiro atoms. The van der Waals surface area contributed by atoms with E-state index in [0.717, 1.165) is 42.4 Å². The Morgan fingerprint density at radius 2 is 1.68 bits per heavy atom. The molecule has 0 amide bonds. The molecule has 22 heavy (non-hydrogen) atoms. The van der Waals surface area contributed by atoms with Gasteiger partial charge in [-0.1, -0.05) is 13.8 Å². The molecule has 2 aliphatic rings. The van der Waals surface area contributed by atoms with Crippen molar-refractivity contribution in [3.05, 3.63) is 16.7 Å². The number of rotatable bonds is 3. The van der Waals surface area contributed by atoms with Crippen LogP contribution in [0, 0.1) is 0 Å². The van der Waals surface area contributed by atoms with Crippen LogP contribution in [0.1, 0.15) is 49.8 Å². The molecule has 0 saturated carbocycles. The van der Waals surface area contributed by atoms with Crippen LogP contribution in [0.3, 0.4) is 0 Å². The van der Waals surface area contributed by atoms with Crippen molar-refractivity contribution in [1.82, 2.24) is 0 Å². The minimum atomic E-state index is -0.840. The Balaban J connectivity index is 2.25. The fourth-order valence-corrected chi connectivity index (χ4v) is 3.60. The third-order valence-electron chi connectivity index (χ3n) is 4.48. The molecule has 0 aromatic heterocycles. The largest absolute Gasteiger partial charge is 0.504 e. The molecule has 0 aliphatic carbocycles. The average molecular weight is 306 g/mol. The molecule has 5 nitrogen and oxygen atoms in total. The number of aliphatic carboxylic acids is 1. The van der Waals surface area contributed by atoms with Gasteiger partial charge in [0.1, 0.15) is 5.75 Å². The molecule has 0 unspecified atom stereocenters. The zero-order chi connectivity index (χ0) is 15.9. The van der Waals surface area contributed by atoms with Gasteiger partial charge in [-0.3, -0.25) is 4.79 Å². The van der Waals surface area contributed by atoms with Crippen molar-refractivity contribution in [2.45, 2.75) is 51.4 Å². The molecule has 5 heteroatoms. The van der Waals surface area contributed by atoms with Crippen molar-refractivity contribution >= 4 is 5.97 Å². The van der Waals surface area contributed by atoms with Crippen molar-refractivity contribution in [3.8, 4) is 17.2 Å². The first kappa shape index (κ1) is 15.0. The van der Waals surface area contributed by atoms with Crippen LogP contribution < -0.4 is 9.47 Å². The Labute approximate surface area is 129 Å². The first-order chi connectivity index (χ1) is 10.4. The molecule has 0 saturated heterocycles. The Morgan fingerprint density at radius 3 is 2.32 bits per heavy atom. The molecule has 0 fully saturated rings. The number of hydrogen-bond donors (Lipinski definition) is 2. The molecule has 3 rings (SSSR count). The van der Waals surface area contributed by atoms with Gasteiger partial charge in [-0.05, 0) is 25.7 Å². The Kier molecular flexibility index (Phi) is 3.67. The zero-order valence-corrected chi connectivity index (χ0v) is 13.1. The molecule has 2 N–H and O–H groups in total. The van der Waals surface area contributed by atoms with Crippen LogP contribution >= 0.6 is 0 Å². The molecule has 2 heterocycles. The molecule has 0 radical (unpaired) electrons. The number of carboxylic acid groups (broad SMARTS) is 1. The van der Waals surface area contributed by atoms with Crippen molar-refractivity contribution in [3.63, 3.8) is 0 Å². The highest BCUT2D eigenvalue weighted by atomic mass is 16.5. The van der Waals surface area contributed by atoms with Gasteiger partial charge in [0, 0.05) is 22.1 Å². The van der Waals surface area contributed by atoms with Crippen LogP contribution in [-0.4, -0.2) is 29.4 Å². The fraction of sp³-hybridized carbons (Fsp3) is 0.588. The maximum Gasteiger partial charge on any atom is 0.304 e. The summed E-state index contributed by atoms with van der Waals surface area (Å²) in [6.07, 6.45) is 3.23. The van der Waals surface area contributed by atoms with Crippen LogP contribution in [0.15, 0.2) is 0 Å². The van der Waals surface area contributed by atoms with E-state index in [-0.39, 0.29) is 12.2 Å². The maximum atomic E-state index is 11.3. The smallest absolute Gasteiger partial charge is 0.304 e. The number of phenols is 1. The minimum absolute atomic E-state index is 0.0139. The molecule has 0 atom stereocenters. The number of carbonyl (C=O) groups is 1. The van der Waals surface area contributed by atoms with E-state index in [1.807, 2.05) is 13.8 Å². The number of benzene rings is 1. The lowest BCUT2D eigenvalue weighted by molar-refractivity contribution is -0.138. The summed E-state index contributed by atoms with van der Waals surface area (Å²) in [6.45, 7) is 5.02. The molecule has 1 aromatic carbocycles. The number of ether oxygens (including phenoxy) is 2. The average Bonchev–Trinajstić information content (AvgIpc) is 2.46. The lowest BCUT2D eigenvalue weighted by atomic mass is 9.75. The Hall–Kier alpha value is -1.91. The monoisotopic (exact) mass is 306 g/mol. The van der Waals surface area contributed by atoms with E-state index < -0.39 is 11.4 Å². The van der Waals surface area contributed by atoms with E-state index in [4.69, 9.17) is 9.47 Å². The third-order valence-corrected chi connectivity index (χ3v) is 4.48. The summed E-state index contributed by atoms with van der Waals surface area (Å²) in [7, 11) is 0. The van der Waals surface area contributed by atoms with Gasteiger partial charge < -0.3 is 19.7 Å². The summed E-state index contributed by atoms with van der Waals surface area (Å²) in [5.74, 6) is 0.551. The molecule has 120 valence electrons. The first-order valence-corrected chi connectivity index (χ1v) is 7.80. The summed E-state index contributed by atoms with van der Waals surface area (Å²) >= 11 is 0. The van der Waals surface area contributed by atoms with Crippen LogP contribution in [0.4, 0.5) is 0 Å². The van der Waals surface area contributed by atoms with Crippen LogP contribution in [0.2, 0.25) is 0 Å². The summed E-state index contributed by atoms with van der Waals surface area (Å²) in [5, 5.41) is 19.8. The minimum Gasteiger partial charge on any atom is -0.504 e. The number of carboxylic acids is 1. The van der Waals surface area contributed by atoms with E-state index in [0.29, 0.717) is 24.7 Å². The number of phenolic OH excluding ortho intramolecular Hbond substituents is 1. The van der Waals surface area contributed by atoms with Crippen molar-refractivity contribution < 1.29 is 24.5 Å². The normalized spacial score (nSPS) is 17.0. The van der Waals surface area contributed by atoms with Gasteiger partial charge in [-0.15, -0.1) is 0 Å². The molecule has 0 bridgehead atoms. The van der Waals surface area contributed by atoms with E-state index in [1.165, 1.54) is 0 Å². The topological polar surface area (TPSA) is 76.0 Å². The van der Waals surface area contributed by atoms with Gasteiger partial charge in [0.2, 0.25) is 0 Å². The first-order valence-electron chi connectivity index (χ1n) is 7.80. The third kappa shape index (κ3) is 2.38. The number of hydrogen-bond acceptors (Lipinski definition) is 4.